The molecule has 1 fully saturated rings. The maximum atomic E-state index is 12.2. The third-order valence-corrected chi connectivity index (χ3v) is 6.35. The van der Waals surface area contributed by atoms with Gasteiger partial charge in [-0.1, -0.05) is 26.7 Å². The molecule has 1 saturated carbocycles. The predicted molar refractivity (Wildman–Crippen MR) is 112 cm³/mol. The van der Waals surface area contributed by atoms with E-state index in [0.29, 0.717) is 29.8 Å². The van der Waals surface area contributed by atoms with Crippen LogP contribution in [0.1, 0.15) is 54.2 Å². The van der Waals surface area contributed by atoms with Gasteiger partial charge >= 0.3 is 5.97 Å². The molecule has 6 nitrogen and oxygen atoms in total. The van der Waals surface area contributed by atoms with Crippen molar-refractivity contribution in [3.05, 3.63) is 45.9 Å². The molecule has 1 aromatic heterocycles. The van der Waals surface area contributed by atoms with Crippen LogP contribution in [0.2, 0.25) is 0 Å². The molecule has 1 N–H and O–H groups in total. The molecule has 0 saturated heterocycles. The standard InChI is InChI=1S/C22H28N2O4S/c1-14-5-4-6-20(15(14)2)24-21(25)12-28-22(26)17-7-9-19(10-8-17)27-11-18-13-29-16(3)23-18/h7-10,13-15,20H,4-6,11-12H2,1-3H3,(H,24,25)/t14-,15+,20-/m1/s1. The number of rotatable bonds is 7. The fourth-order valence-electron chi connectivity index (χ4n) is 3.57. The van der Waals surface area contributed by atoms with E-state index in [-0.39, 0.29) is 18.6 Å². The Kier molecular flexibility index (Phi) is 7.25. The van der Waals surface area contributed by atoms with Crippen molar-refractivity contribution in [1.29, 1.82) is 0 Å². The summed E-state index contributed by atoms with van der Waals surface area (Å²) in [6, 6.07) is 6.84. The van der Waals surface area contributed by atoms with Crippen LogP contribution in [-0.4, -0.2) is 29.5 Å². The van der Waals surface area contributed by atoms with E-state index in [1.54, 1.807) is 35.6 Å². The number of carbonyl (C=O) groups is 2. The van der Waals surface area contributed by atoms with Gasteiger partial charge in [-0.15, -0.1) is 11.3 Å². The van der Waals surface area contributed by atoms with Crippen molar-refractivity contribution in [2.45, 2.75) is 52.7 Å². The van der Waals surface area contributed by atoms with E-state index in [0.717, 1.165) is 23.5 Å². The second-order valence-electron chi connectivity index (χ2n) is 7.69. The summed E-state index contributed by atoms with van der Waals surface area (Å²) in [6.45, 7) is 6.45. The van der Waals surface area contributed by atoms with Crippen LogP contribution in [0.5, 0.6) is 5.75 Å². The number of carbonyl (C=O) groups excluding carboxylic acids is 2. The smallest absolute Gasteiger partial charge is 0.338 e. The predicted octanol–water partition coefficient (Wildman–Crippen LogP) is 4.13. The van der Waals surface area contributed by atoms with Crippen molar-refractivity contribution >= 4 is 23.2 Å². The van der Waals surface area contributed by atoms with Gasteiger partial charge in [0.1, 0.15) is 12.4 Å². The number of hydrogen-bond donors (Lipinski definition) is 1. The lowest BCUT2D eigenvalue weighted by molar-refractivity contribution is -0.125. The first-order valence-corrected chi connectivity index (χ1v) is 10.9. The number of aromatic nitrogens is 1. The second kappa shape index (κ2) is 9.87. The molecule has 1 aliphatic rings. The molecule has 3 atom stereocenters. The van der Waals surface area contributed by atoms with Gasteiger partial charge in [0.25, 0.3) is 5.91 Å². The molecule has 0 unspecified atom stereocenters. The molecule has 29 heavy (non-hydrogen) atoms. The lowest BCUT2D eigenvalue weighted by Gasteiger charge is -2.34. The third-order valence-electron chi connectivity index (χ3n) is 5.53. The minimum Gasteiger partial charge on any atom is -0.487 e. The summed E-state index contributed by atoms with van der Waals surface area (Å²) in [5, 5.41) is 5.97. The lowest BCUT2D eigenvalue weighted by Crippen LogP contribution is -2.45. The Balaban J connectivity index is 1.43. The Morgan fingerprint density at radius 3 is 2.66 bits per heavy atom. The van der Waals surface area contributed by atoms with Crippen molar-refractivity contribution in [2.24, 2.45) is 11.8 Å². The molecule has 0 spiro atoms. The fraction of sp³-hybridized carbons (Fsp3) is 0.500. The van der Waals surface area contributed by atoms with Gasteiger partial charge in [-0.25, -0.2) is 9.78 Å². The van der Waals surface area contributed by atoms with Crippen molar-refractivity contribution < 1.29 is 19.1 Å². The summed E-state index contributed by atoms with van der Waals surface area (Å²) in [4.78, 5) is 28.7. The maximum Gasteiger partial charge on any atom is 0.338 e. The van der Waals surface area contributed by atoms with Crippen LogP contribution < -0.4 is 10.1 Å². The SMILES string of the molecule is Cc1nc(COc2ccc(C(=O)OCC(=O)N[C@@H]3CCC[C@@H](C)[C@@H]3C)cc2)cs1. The minimum absolute atomic E-state index is 0.155. The highest BCUT2D eigenvalue weighted by atomic mass is 32.1. The van der Waals surface area contributed by atoms with E-state index in [4.69, 9.17) is 9.47 Å². The average Bonchev–Trinajstić information content (AvgIpc) is 3.13. The average molecular weight is 417 g/mol. The summed E-state index contributed by atoms with van der Waals surface area (Å²) in [5.41, 5.74) is 1.26. The van der Waals surface area contributed by atoms with E-state index in [2.05, 4.69) is 24.1 Å². The van der Waals surface area contributed by atoms with Crippen LogP contribution in [0, 0.1) is 18.8 Å². The van der Waals surface area contributed by atoms with Crippen LogP contribution in [0.4, 0.5) is 0 Å². The zero-order chi connectivity index (χ0) is 20.8. The molecule has 1 heterocycles. The summed E-state index contributed by atoms with van der Waals surface area (Å²) < 4.78 is 10.8. The summed E-state index contributed by atoms with van der Waals surface area (Å²) in [6.07, 6.45) is 3.30. The summed E-state index contributed by atoms with van der Waals surface area (Å²) in [5.74, 6) is 0.904. The van der Waals surface area contributed by atoms with Crippen LogP contribution in [0.15, 0.2) is 29.6 Å². The van der Waals surface area contributed by atoms with Crippen LogP contribution in [0.3, 0.4) is 0 Å². The molecule has 7 heteroatoms. The van der Waals surface area contributed by atoms with Crippen molar-refractivity contribution in [1.82, 2.24) is 10.3 Å². The Labute approximate surface area is 175 Å². The third kappa shape index (κ3) is 6.03. The van der Waals surface area contributed by atoms with Crippen molar-refractivity contribution in [3.8, 4) is 5.75 Å². The first-order chi connectivity index (χ1) is 13.9. The zero-order valence-corrected chi connectivity index (χ0v) is 18.0. The molecule has 0 radical (unpaired) electrons. The van der Waals surface area contributed by atoms with E-state index < -0.39 is 5.97 Å². The Morgan fingerprint density at radius 1 is 1.21 bits per heavy atom. The molecule has 1 aliphatic carbocycles. The van der Waals surface area contributed by atoms with Gasteiger partial charge in [0.15, 0.2) is 6.61 Å². The van der Waals surface area contributed by atoms with Gasteiger partial charge in [0.05, 0.1) is 16.3 Å². The van der Waals surface area contributed by atoms with Gasteiger partial charge < -0.3 is 14.8 Å². The van der Waals surface area contributed by atoms with E-state index in [9.17, 15) is 9.59 Å². The number of nitrogens with zero attached hydrogens (tertiary/aromatic N) is 1. The quantitative estimate of drug-likeness (QED) is 0.687. The van der Waals surface area contributed by atoms with E-state index in [1.807, 2.05) is 12.3 Å². The van der Waals surface area contributed by atoms with Gasteiger partial charge in [0, 0.05) is 11.4 Å². The summed E-state index contributed by atoms with van der Waals surface area (Å²) >= 11 is 1.58. The monoisotopic (exact) mass is 416 g/mol. The molecule has 1 aromatic carbocycles. The van der Waals surface area contributed by atoms with Gasteiger partial charge in [-0.3, -0.25) is 4.79 Å². The first-order valence-electron chi connectivity index (χ1n) is 10.0. The minimum atomic E-state index is -0.521. The molecular formula is C22H28N2O4S. The molecule has 2 aromatic rings. The summed E-state index contributed by atoms with van der Waals surface area (Å²) in [7, 11) is 0. The first kappa shape index (κ1) is 21.3. The number of benzene rings is 1. The highest BCUT2D eigenvalue weighted by Gasteiger charge is 2.28. The lowest BCUT2D eigenvalue weighted by atomic mass is 9.78. The number of nitrogens with one attached hydrogen (secondary N) is 1. The molecule has 0 aliphatic heterocycles. The van der Waals surface area contributed by atoms with Gasteiger partial charge in [-0.2, -0.15) is 0 Å². The Morgan fingerprint density at radius 2 is 1.97 bits per heavy atom. The fourth-order valence-corrected chi connectivity index (χ4v) is 4.16. The number of ether oxygens (including phenoxy) is 2. The topological polar surface area (TPSA) is 77.5 Å². The van der Waals surface area contributed by atoms with Crippen LogP contribution >= 0.6 is 11.3 Å². The number of amides is 1. The number of hydrogen-bond acceptors (Lipinski definition) is 6. The Bertz CT molecular complexity index is 834. The van der Waals surface area contributed by atoms with Gasteiger partial charge in [-0.05, 0) is 49.4 Å². The molecule has 156 valence electrons. The van der Waals surface area contributed by atoms with E-state index in [1.165, 1.54) is 6.42 Å². The molecule has 1 amide bonds. The molecule has 0 bridgehead atoms. The largest absolute Gasteiger partial charge is 0.487 e. The number of esters is 1. The normalized spacial score (nSPS) is 21.4. The van der Waals surface area contributed by atoms with Crippen molar-refractivity contribution in [3.63, 3.8) is 0 Å². The Hall–Kier alpha value is -2.41. The van der Waals surface area contributed by atoms with Crippen LogP contribution in [-0.2, 0) is 16.1 Å². The maximum absolute atomic E-state index is 12.2. The molecular weight excluding hydrogens is 388 g/mol. The zero-order valence-electron chi connectivity index (χ0n) is 17.1. The molecule has 3 rings (SSSR count). The number of thiazole rings is 1. The highest BCUT2D eigenvalue weighted by Crippen LogP contribution is 2.29. The van der Waals surface area contributed by atoms with Crippen LogP contribution in [0.25, 0.3) is 0 Å². The van der Waals surface area contributed by atoms with Gasteiger partial charge in [0.2, 0.25) is 0 Å². The second-order valence-corrected chi connectivity index (χ2v) is 8.75. The van der Waals surface area contributed by atoms with Crippen molar-refractivity contribution in [2.75, 3.05) is 6.61 Å². The van der Waals surface area contributed by atoms with E-state index >= 15 is 0 Å². The highest BCUT2D eigenvalue weighted by molar-refractivity contribution is 7.09. The number of aryl methyl sites for hydroxylation is 1.